The molecule has 0 saturated heterocycles. The molecule has 0 spiro atoms. The summed E-state index contributed by atoms with van der Waals surface area (Å²) in [5.41, 5.74) is 3.96. The molecule has 0 amide bonds. The molecule has 164 valence electrons. The average molecular weight is 508 g/mol. The molecule has 0 fully saturated rings. The van der Waals surface area contributed by atoms with Crippen LogP contribution in [-0.2, 0) is 20.3 Å². The van der Waals surface area contributed by atoms with Gasteiger partial charge in [0.05, 0.1) is 0 Å². The molecule has 29 heavy (non-hydrogen) atoms. The van der Waals surface area contributed by atoms with Crippen molar-refractivity contribution in [2.45, 2.75) is 101 Å². The molecule has 2 rings (SSSR count). The summed E-state index contributed by atoms with van der Waals surface area (Å²) in [4.78, 5) is 0. The quantitative estimate of drug-likeness (QED) is 0.314. The standard InChI is InChI=1S/2C9H13.2C4H11Si.Zr/c2*1-9(2,3)8-6-4-5-7-8;2*1-5(2,3)4;/h2*4,6H,5H2,1-3H3;2*1H2,2-4H3;. The fourth-order valence-corrected chi connectivity index (χ4v) is 54.7. The molecule has 0 aromatic carbocycles. The molecular formula is C26H48Si2Zr. The Labute approximate surface area is 189 Å². The van der Waals surface area contributed by atoms with Crippen molar-refractivity contribution < 1.29 is 20.3 Å². The van der Waals surface area contributed by atoms with Crippen LogP contribution in [0.25, 0.3) is 0 Å². The fourth-order valence-electron chi connectivity index (χ4n) is 5.80. The fraction of sp³-hybridized carbons (Fsp3) is 0.692. The van der Waals surface area contributed by atoms with Crippen LogP contribution in [0.15, 0.2) is 42.0 Å². The van der Waals surface area contributed by atoms with Gasteiger partial charge in [-0.2, -0.15) is 0 Å². The Morgan fingerprint density at radius 3 is 1.21 bits per heavy atom. The Hall–Kier alpha value is 0.277. The van der Waals surface area contributed by atoms with E-state index in [2.05, 4.69) is 105 Å². The molecule has 0 radical (unpaired) electrons. The second kappa shape index (κ2) is 8.32. The van der Waals surface area contributed by atoms with Gasteiger partial charge in [-0.15, -0.1) is 0 Å². The molecule has 0 aliphatic heterocycles. The third-order valence-corrected chi connectivity index (χ3v) is 42.2. The van der Waals surface area contributed by atoms with E-state index in [-0.39, 0.29) is 10.8 Å². The van der Waals surface area contributed by atoms with Crippen molar-refractivity contribution >= 4 is 16.1 Å². The third kappa shape index (κ3) is 6.16. The van der Waals surface area contributed by atoms with E-state index in [0.29, 0.717) is 0 Å². The van der Waals surface area contributed by atoms with Gasteiger partial charge < -0.3 is 0 Å². The van der Waals surface area contributed by atoms with Crippen molar-refractivity contribution in [2.75, 3.05) is 0 Å². The maximum atomic E-state index is 2.64. The van der Waals surface area contributed by atoms with Crippen LogP contribution in [0.3, 0.4) is 0 Å². The third-order valence-electron chi connectivity index (χ3n) is 6.30. The maximum absolute atomic E-state index is 2.83. The normalized spacial score (nSPS) is 19.2. The van der Waals surface area contributed by atoms with Crippen LogP contribution in [0.2, 0.25) is 46.8 Å². The van der Waals surface area contributed by atoms with Crippen LogP contribution in [0, 0.1) is 10.8 Å². The summed E-state index contributed by atoms with van der Waals surface area (Å²) in [5, 5.41) is 0. The first-order chi connectivity index (χ1) is 12.9. The van der Waals surface area contributed by atoms with E-state index in [0.717, 1.165) is 0 Å². The molecule has 0 aromatic heterocycles. The Kier molecular flexibility index (Phi) is 7.33. The molecular weight excluding hydrogens is 460 g/mol. The molecule has 2 aliphatic rings. The summed E-state index contributed by atoms with van der Waals surface area (Å²) >= 11 is -2.83. The van der Waals surface area contributed by atoms with Gasteiger partial charge in [0.25, 0.3) is 0 Å². The van der Waals surface area contributed by atoms with E-state index >= 15 is 0 Å². The van der Waals surface area contributed by atoms with Crippen molar-refractivity contribution in [3.8, 4) is 0 Å². The molecule has 0 nitrogen and oxygen atoms in total. The monoisotopic (exact) mass is 506 g/mol. The van der Waals surface area contributed by atoms with Crippen LogP contribution >= 0.6 is 0 Å². The zero-order valence-electron chi connectivity index (χ0n) is 21.6. The molecule has 2 aliphatic carbocycles. The number of allylic oxidation sites excluding steroid dienone is 8. The van der Waals surface area contributed by atoms with Gasteiger partial charge in [-0.1, -0.05) is 0 Å². The topological polar surface area (TPSA) is 0 Å². The number of rotatable bonds is 6. The van der Waals surface area contributed by atoms with E-state index in [1.54, 1.807) is 18.7 Å². The van der Waals surface area contributed by atoms with E-state index in [4.69, 9.17) is 0 Å². The van der Waals surface area contributed by atoms with Crippen LogP contribution in [0.1, 0.15) is 54.4 Å². The van der Waals surface area contributed by atoms with Gasteiger partial charge in [-0.05, 0) is 0 Å². The van der Waals surface area contributed by atoms with Crippen molar-refractivity contribution in [1.29, 1.82) is 0 Å². The molecule has 0 unspecified atom stereocenters. The summed E-state index contributed by atoms with van der Waals surface area (Å²) in [6.07, 6.45) is 12.6. The zero-order chi connectivity index (χ0) is 22.5. The molecule has 3 heteroatoms. The first-order valence-electron chi connectivity index (χ1n) is 11.7. The van der Waals surface area contributed by atoms with Crippen LogP contribution < -0.4 is 0 Å². The van der Waals surface area contributed by atoms with E-state index in [9.17, 15) is 0 Å². The Morgan fingerprint density at radius 2 is 0.966 bits per heavy atom. The van der Waals surface area contributed by atoms with Gasteiger partial charge >= 0.3 is 190 Å². The Balaban J connectivity index is 2.90. The van der Waals surface area contributed by atoms with Crippen molar-refractivity contribution in [2.24, 2.45) is 10.8 Å². The predicted molar refractivity (Wildman–Crippen MR) is 137 cm³/mol. The molecule has 0 aromatic rings. The van der Waals surface area contributed by atoms with Gasteiger partial charge in [0.2, 0.25) is 0 Å². The minimum atomic E-state index is -2.83. The summed E-state index contributed by atoms with van der Waals surface area (Å²) in [5.74, 6) is 0. The van der Waals surface area contributed by atoms with Crippen molar-refractivity contribution in [3.63, 3.8) is 0 Å². The molecule has 0 N–H and O–H groups in total. The van der Waals surface area contributed by atoms with E-state index in [1.165, 1.54) is 12.8 Å². The second-order valence-electron chi connectivity index (χ2n) is 14.1. The summed E-state index contributed by atoms with van der Waals surface area (Å²) < 4.78 is 7.16. The van der Waals surface area contributed by atoms with Crippen molar-refractivity contribution in [3.05, 3.63) is 42.0 Å². The first kappa shape index (κ1) is 25.5. The average Bonchev–Trinajstić information content (AvgIpc) is 3.12. The van der Waals surface area contributed by atoms with Crippen LogP contribution in [0.5, 0.6) is 0 Å². The first-order valence-corrected chi connectivity index (χ1v) is 25.0. The Bertz CT molecular complexity index is 684. The summed E-state index contributed by atoms with van der Waals surface area (Å²) in [6.45, 7) is 30.5. The molecule has 0 bridgehead atoms. The van der Waals surface area contributed by atoms with Crippen molar-refractivity contribution in [1.82, 2.24) is 0 Å². The van der Waals surface area contributed by atoms with Gasteiger partial charge in [-0.25, -0.2) is 0 Å². The van der Waals surface area contributed by atoms with Crippen LogP contribution in [0.4, 0.5) is 0 Å². The van der Waals surface area contributed by atoms with E-state index < -0.39 is 36.4 Å². The number of hydrogen-bond acceptors (Lipinski definition) is 0. The van der Waals surface area contributed by atoms with Gasteiger partial charge in [0, 0.05) is 0 Å². The molecule has 0 heterocycles. The predicted octanol–water partition coefficient (Wildman–Crippen LogP) is 9.25. The van der Waals surface area contributed by atoms with Gasteiger partial charge in [0.15, 0.2) is 0 Å². The zero-order valence-corrected chi connectivity index (χ0v) is 26.1. The summed E-state index contributed by atoms with van der Waals surface area (Å²) in [7, 11) is -2.43. The Morgan fingerprint density at radius 1 is 0.655 bits per heavy atom. The number of hydrogen-bond donors (Lipinski definition) is 0. The summed E-state index contributed by atoms with van der Waals surface area (Å²) in [6, 6.07) is 0. The van der Waals surface area contributed by atoms with Gasteiger partial charge in [-0.3, -0.25) is 0 Å². The van der Waals surface area contributed by atoms with Crippen LogP contribution in [-0.4, -0.2) is 16.1 Å². The SMILES string of the molecule is CC(C)(C)C1=[C]([Zr]([CH2][Si](C)(C)C)([CH2][Si](C)(C)C)[C]2=C(C(C)(C)C)C=CC2)CC=C1. The molecule has 0 saturated carbocycles. The molecule has 0 atom stereocenters. The van der Waals surface area contributed by atoms with E-state index in [1.807, 2.05) is 6.56 Å². The minimum absolute atomic E-state index is 0.262. The van der Waals surface area contributed by atoms with Gasteiger partial charge in [0.1, 0.15) is 0 Å². The second-order valence-corrected chi connectivity index (χ2v) is 38.5.